The van der Waals surface area contributed by atoms with Crippen molar-refractivity contribution >= 4 is 23.2 Å². The molecule has 0 bridgehead atoms. The van der Waals surface area contributed by atoms with Gasteiger partial charge in [0, 0.05) is 30.9 Å². The van der Waals surface area contributed by atoms with Gasteiger partial charge in [-0.15, -0.1) is 11.3 Å². The van der Waals surface area contributed by atoms with Crippen molar-refractivity contribution in [3.8, 4) is 0 Å². The van der Waals surface area contributed by atoms with E-state index in [0.29, 0.717) is 19.5 Å². The third kappa shape index (κ3) is 1.95. The molecule has 0 aliphatic carbocycles. The number of amides is 2. The molecule has 2 aliphatic rings. The normalized spacial score (nSPS) is 23.4. The molecule has 90 valence electrons. The summed E-state index contributed by atoms with van der Waals surface area (Å²) < 4.78 is 0. The standard InChI is InChI=1S/C12H14N2O2S/c15-11-5-9(6-13-11)12(16)14-3-1-10-8(7-14)2-4-17-10/h2,4,9H,1,3,5-7H2,(H,13,15). The van der Waals surface area contributed by atoms with E-state index in [1.54, 1.807) is 11.3 Å². The van der Waals surface area contributed by atoms with Gasteiger partial charge >= 0.3 is 0 Å². The van der Waals surface area contributed by atoms with E-state index in [4.69, 9.17) is 0 Å². The summed E-state index contributed by atoms with van der Waals surface area (Å²) in [5, 5.41) is 4.80. The molecule has 3 rings (SSSR count). The maximum Gasteiger partial charge on any atom is 0.228 e. The predicted molar refractivity (Wildman–Crippen MR) is 64.6 cm³/mol. The molecular weight excluding hydrogens is 236 g/mol. The Kier molecular flexibility index (Phi) is 2.63. The average molecular weight is 250 g/mol. The van der Waals surface area contributed by atoms with Gasteiger partial charge in [-0.3, -0.25) is 9.59 Å². The Morgan fingerprint density at radius 3 is 3.18 bits per heavy atom. The Hall–Kier alpha value is -1.36. The fourth-order valence-corrected chi connectivity index (χ4v) is 3.36. The second-order valence-corrected chi connectivity index (χ2v) is 5.58. The molecule has 0 spiro atoms. The van der Waals surface area contributed by atoms with Crippen LogP contribution in [0.25, 0.3) is 0 Å². The van der Waals surface area contributed by atoms with Gasteiger partial charge in [0.15, 0.2) is 0 Å². The van der Waals surface area contributed by atoms with E-state index in [1.807, 2.05) is 4.90 Å². The highest BCUT2D eigenvalue weighted by Gasteiger charge is 2.32. The van der Waals surface area contributed by atoms with Crippen molar-refractivity contribution in [1.29, 1.82) is 0 Å². The third-order valence-electron chi connectivity index (χ3n) is 3.45. The molecule has 2 amide bonds. The van der Waals surface area contributed by atoms with Crippen LogP contribution in [0.3, 0.4) is 0 Å². The zero-order valence-corrected chi connectivity index (χ0v) is 10.3. The molecule has 3 heterocycles. The first kappa shape index (κ1) is 10.8. The summed E-state index contributed by atoms with van der Waals surface area (Å²) in [6.07, 6.45) is 1.30. The summed E-state index contributed by atoms with van der Waals surface area (Å²) in [7, 11) is 0. The van der Waals surface area contributed by atoms with Crippen molar-refractivity contribution in [3.05, 3.63) is 21.9 Å². The first-order chi connectivity index (χ1) is 8.24. The second kappa shape index (κ2) is 4.14. The van der Waals surface area contributed by atoms with Gasteiger partial charge in [0.2, 0.25) is 11.8 Å². The SMILES string of the molecule is O=C1CC(C(=O)N2CCc3sccc3C2)CN1. The van der Waals surface area contributed by atoms with E-state index in [9.17, 15) is 9.59 Å². The summed E-state index contributed by atoms with van der Waals surface area (Å²) in [5.41, 5.74) is 1.27. The number of nitrogens with zero attached hydrogens (tertiary/aromatic N) is 1. The molecule has 0 saturated carbocycles. The first-order valence-corrected chi connectivity index (χ1v) is 6.73. The Morgan fingerprint density at radius 1 is 1.53 bits per heavy atom. The lowest BCUT2D eigenvalue weighted by molar-refractivity contribution is -0.136. The molecule has 0 radical (unpaired) electrons. The molecule has 2 aliphatic heterocycles. The second-order valence-electron chi connectivity index (χ2n) is 4.58. The van der Waals surface area contributed by atoms with Gasteiger partial charge in [0.05, 0.1) is 5.92 Å². The molecular formula is C12H14N2O2S. The van der Waals surface area contributed by atoms with Gasteiger partial charge in [0.1, 0.15) is 0 Å². The Morgan fingerprint density at radius 2 is 2.41 bits per heavy atom. The summed E-state index contributed by atoms with van der Waals surface area (Å²) in [5.74, 6) is -0.0283. The molecule has 4 nitrogen and oxygen atoms in total. The molecule has 1 aromatic heterocycles. The van der Waals surface area contributed by atoms with Gasteiger partial charge in [-0.25, -0.2) is 0 Å². The predicted octanol–water partition coefficient (Wildman–Crippen LogP) is 0.769. The van der Waals surface area contributed by atoms with Crippen LogP contribution in [-0.4, -0.2) is 29.8 Å². The lowest BCUT2D eigenvalue weighted by Gasteiger charge is -2.28. The lowest BCUT2D eigenvalue weighted by atomic mass is 10.0. The van der Waals surface area contributed by atoms with Crippen LogP contribution in [0, 0.1) is 5.92 Å². The zero-order valence-electron chi connectivity index (χ0n) is 9.44. The van der Waals surface area contributed by atoms with Crippen LogP contribution in [0.4, 0.5) is 0 Å². The number of hydrogen-bond acceptors (Lipinski definition) is 3. The van der Waals surface area contributed by atoms with Crippen molar-refractivity contribution < 1.29 is 9.59 Å². The summed E-state index contributed by atoms with van der Waals surface area (Å²) in [6.45, 7) is 2.00. The van der Waals surface area contributed by atoms with E-state index in [-0.39, 0.29) is 17.7 Å². The van der Waals surface area contributed by atoms with Crippen LogP contribution in [0.1, 0.15) is 16.9 Å². The minimum absolute atomic E-state index is 0.00316. The molecule has 1 N–H and O–H groups in total. The van der Waals surface area contributed by atoms with Crippen molar-refractivity contribution in [2.45, 2.75) is 19.4 Å². The number of nitrogens with one attached hydrogen (secondary N) is 1. The minimum atomic E-state index is -0.150. The Balaban J connectivity index is 1.70. The fraction of sp³-hybridized carbons (Fsp3) is 0.500. The van der Waals surface area contributed by atoms with Crippen LogP contribution in [0.5, 0.6) is 0 Å². The number of fused-ring (bicyclic) bond motifs is 1. The minimum Gasteiger partial charge on any atom is -0.355 e. The molecule has 1 saturated heterocycles. The van der Waals surface area contributed by atoms with Crippen molar-refractivity contribution in [2.24, 2.45) is 5.92 Å². The quantitative estimate of drug-likeness (QED) is 0.800. The third-order valence-corrected chi connectivity index (χ3v) is 4.47. The highest BCUT2D eigenvalue weighted by molar-refractivity contribution is 7.10. The summed E-state index contributed by atoms with van der Waals surface area (Å²) in [4.78, 5) is 26.6. The van der Waals surface area contributed by atoms with Crippen LogP contribution < -0.4 is 5.32 Å². The maximum absolute atomic E-state index is 12.2. The van der Waals surface area contributed by atoms with E-state index in [0.717, 1.165) is 13.0 Å². The monoisotopic (exact) mass is 250 g/mol. The summed E-state index contributed by atoms with van der Waals surface area (Å²) in [6, 6.07) is 2.09. The van der Waals surface area contributed by atoms with E-state index in [1.165, 1.54) is 10.4 Å². The smallest absolute Gasteiger partial charge is 0.228 e. The Bertz CT molecular complexity index is 469. The van der Waals surface area contributed by atoms with Crippen LogP contribution in [0.15, 0.2) is 11.4 Å². The Labute approximate surface area is 104 Å². The van der Waals surface area contributed by atoms with Gasteiger partial charge in [-0.1, -0.05) is 0 Å². The summed E-state index contributed by atoms with van der Waals surface area (Å²) >= 11 is 1.77. The number of carbonyl (C=O) groups is 2. The molecule has 5 heteroatoms. The number of thiophene rings is 1. The molecule has 1 aromatic rings. The maximum atomic E-state index is 12.2. The molecule has 0 aromatic carbocycles. The van der Waals surface area contributed by atoms with E-state index in [2.05, 4.69) is 16.8 Å². The largest absolute Gasteiger partial charge is 0.355 e. The lowest BCUT2D eigenvalue weighted by Crippen LogP contribution is -2.39. The molecule has 17 heavy (non-hydrogen) atoms. The van der Waals surface area contributed by atoms with Gasteiger partial charge in [-0.2, -0.15) is 0 Å². The highest BCUT2D eigenvalue weighted by atomic mass is 32.1. The van der Waals surface area contributed by atoms with Gasteiger partial charge < -0.3 is 10.2 Å². The topological polar surface area (TPSA) is 49.4 Å². The fourth-order valence-electron chi connectivity index (χ4n) is 2.47. The molecule has 1 fully saturated rings. The molecule has 1 atom stereocenters. The van der Waals surface area contributed by atoms with Crippen molar-refractivity contribution in [2.75, 3.05) is 13.1 Å². The number of carbonyl (C=O) groups excluding carboxylic acids is 2. The number of rotatable bonds is 1. The zero-order chi connectivity index (χ0) is 11.8. The van der Waals surface area contributed by atoms with Crippen LogP contribution >= 0.6 is 11.3 Å². The van der Waals surface area contributed by atoms with Crippen molar-refractivity contribution in [1.82, 2.24) is 10.2 Å². The molecule has 1 unspecified atom stereocenters. The van der Waals surface area contributed by atoms with E-state index >= 15 is 0 Å². The van der Waals surface area contributed by atoms with Crippen LogP contribution in [0.2, 0.25) is 0 Å². The number of hydrogen-bond donors (Lipinski definition) is 1. The highest BCUT2D eigenvalue weighted by Crippen LogP contribution is 2.25. The first-order valence-electron chi connectivity index (χ1n) is 5.85. The van der Waals surface area contributed by atoms with Crippen molar-refractivity contribution in [3.63, 3.8) is 0 Å². The van der Waals surface area contributed by atoms with Crippen LogP contribution in [-0.2, 0) is 22.6 Å². The van der Waals surface area contributed by atoms with E-state index < -0.39 is 0 Å². The van der Waals surface area contributed by atoms with Gasteiger partial charge in [0.25, 0.3) is 0 Å². The average Bonchev–Trinajstić information content (AvgIpc) is 2.95. The van der Waals surface area contributed by atoms with Gasteiger partial charge in [-0.05, 0) is 23.4 Å².